The Bertz CT molecular complexity index is 686. The number of halogens is 1. The van der Waals surface area contributed by atoms with Gasteiger partial charge in [0.2, 0.25) is 10.0 Å². The summed E-state index contributed by atoms with van der Waals surface area (Å²) in [6, 6.07) is 5.76. The van der Waals surface area contributed by atoms with Gasteiger partial charge in [-0.15, -0.1) is 0 Å². The van der Waals surface area contributed by atoms with Gasteiger partial charge in [0.05, 0.1) is 12.1 Å². The van der Waals surface area contributed by atoms with Gasteiger partial charge >= 0.3 is 0 Å². The normalized spacial score (nSPS) is 11.1. The number of aryl methyl sites for hydroxylation is 1. The van der Waals surface area contributed by atoms with Crippen molar-refractivity contribution >= 4 is 15.7 Å². The van der Waals surface area contributed by atoms with E-state index in [4.69, 9.17) is 16.3 Å². The van der Waals surface area contributed by atoms with Crippen molar-refractivity contribution in [3.05, 3.63) is 23.5 Å². The second-order valence-corrected chi connectivity index (χ2v) is 6.27. The van der Waals surface area contributed by atoms with Gasteiger partial charge in [-0.25, -0.2) is 12.8 Å². The molecule has 0 unspecified atom stereocenters. The minimum Gasteiger partial charge on any atom is -0.398 e. The van der Waals surface area contributed by atoms with Crippen LogP contribution in [0.25, 0.3) is 0 Å². The molecule has 1 aromatic rings. The van der Waals surface area contributed by atoms with Crippen LogP contribution in [0.5, 0.6) is 0 Å². The zero-order valence-electron chi connectivity index (χ0n) is 11.5. The number of nitrogens with zero attached hydrogens (tertiary/aromatic N) is 3. The molecular formula is C13H15FN4O2S. The van der Waals surface area contributed by atoms with Crippen LogP contribution >= 0.6 is 0 Å². The molecule has 0 aliphatic rings. The fourth-order valence-corrected chi connectivity index (χ4v) is 3.23. The first kappa shape index (κ1) is 16.9. The molecule has 8 heteroatoms. The van der Waals surface area contributed by atoms with E-state index < -0.39 is 20.7 Å². The number of benzene rings is 1. The maximum atomic E-state index is 13.9. The standard InChI is InChI=1S/C13H15FN4O2S/c1-10-8-11(14)13(9-12(10)17)21(19,20)18(6-2-4-15)7-3-5-16/h8-9H,2-3,6-7,17H2,1H3. The molecule has 0 heterocycles. The van der Waals surface area contributed by atoms with E-state index in [1.807, 2.05) is 12.1 Å². The van der Waals surface area contributed by atoms with Crippen molar-refractivity contribution in [1.82, 2.24) is 4.31 Å². The first-order valence-corrected chi connectivity index (χ1v) is 7.58. The highest BCUT2D eigenvalue weighted by Crippen LogP contribution is 2.24. The van der Waals surface area contributed by atoms with Gasteiger partial charge in [-0.3, -0.25) is 0 Å². The van der Waals surface area contributed by atoms with Gasteiger partial charge in [0, 0.05) is 31.6 Å². The number of anilines is 1. The molecule has 0 atom stereocenters. The van der Waals surface area contributed by atoms with Gasteiger partial charge in [0.25, 0.3) is 0 Å². The molecule has 0 saturated carbocycles. The maximum Gasteiger partial charge on any atom is 0.246 e. The third-order valence-electron chi connectivity index (χ3n) is 2.88. The van der Waals surface area contributed by atoms with Crippen LogP contribution < -0.4 is 5.73 Å². The molecule has 0 aliphatic heterocycles. The van der Waals surface area contributed by atoms with E-state index >= 15 is 0 Å². The number of nitrogens with two attached hydrogens (primary N) is 1. The molecule has 1 rings (SSSR count). The largest absolute Gasteiger partial charge is 0.398 e. The van der Waals surface area contributed by atoms with E-state index in [0.29, 0.717) is 5.56 Å². The summed E-state index contributed by atoms with van der Waals surface area (Å²) >= 11 is 0. The Balaban J connectivity index is 3.25. The van der Waals surface area contributed by atoms with Gasteiger partial charge in [-0.1, -0.05) is 0 Å². The summed E-state index contributed by atoms with van der Waals surface area (Å²) in [5, 5.41) is 17.2. The van der Waals surface area contributed by atoms with Gasteiger partial charge in [0.1, 0.15) is 10.7 Å². The minimum absolute atomic E-state index is 0.0480. The quantitative estimate of drug-likeness (QED) is 0.801. The third kappa shape index (κ3) is 3.91. The summed E-state index contributed by atoms with van der Waals surface area (Å²) in [6.45, 7) is 1.36. The Kier molecular flexibility index (Phi) is 5.65. The van der Waals surface area contributed by atoms with Crippen molar-refractivity contribution in [2.24, 2.45) is 0 Å². The molecule has 1 aromatic carbocycles. The number of hydrogen-bond donors (Lipinski definition) is 1. The second-order valence-electron chi connectivity index (χ2n) is 4.36. The van der Waals surface area contributed by atoms with E-state index in [1.54, 1.807) is 6.92 Å². The van der Waals surface area contributed by atoms with Crippen LogP contribution in [0.3, 0.4) is 0 Å². The predicted molar refractivity (Wildman–Crippen MR) is 74.8 cm³/mol. The summed E-state index contributed by atoms with van der Waals surface area (Å²) in [5.41, 5.74) is 6.23. The summed E-state index contributed by atoms with van der Waals surface area (Å²) in [4.78, 5) is -0.540. The smallest absolute Gasteiger partial charge is 0.246 e. The Morgan fingerprint density at radius 1 is 1.24 bits per heavy atom. The third-order valence-corrected chi connectivity index (χ3v) is 4.80. The average molecular weight is 310 g/mol. The van der Waals surface area contributed by atoms with Gasteiger partial charge < -0.3 is 5.73 Å². The monoisotopic (exact) mass is 310 g/mol. The number of nitriles is 2. The van der Waals surface area contributed by atoms with Crippen LogP contribution in [0.2, 0.25) is 0 Å². The molecule has 0 bridgehead atoms. The maximum absolute atomic E-state index is 13.9. The highest BCUT2D eigenvalue weighted by atomic mass is 32.2. The van der Waals surface area contributed by atoms with Crippen molar-refractivity contribution in [2.45, 2.75) is 24.7 Å². The number of hydrogen-bond acceptors (Lipinski definition) is 5. The van der Waals surface area contributed by atoms with E-state index in [0.717, 1.165) is 16.4 Å². The molecule has 6 nitrogen and oxygen atoms in total. The van der Waals surface area contributed by atoms with Crippen molar-refractivity contribution in [2.75, 3.05) is 18.8 Å². The Labute approximate surface area is 123 Å². The minimum atomic E-state index is -4.14. The summed E-state index contributed by atoms with van der Waals surface area (Å²) in [6.07, 6.45) is -0.0960. The molecule has 0 saturated heterocycles. The van der Waals surface area contributed by atoms with Crippen LogP contribution in [-0.2, 0) is 10.0 Å². The van der Waals surface area contributed by atoms with Crippen LogP contribution in [0, 0.1) is 35.4 Å². The topological polar surface area (TPSA) is 111 Å². The lowest BCUT2D eigenvalue weighted by atomic mass is 10.2. The van der Waals surface area contributed by atoms with Crippen molar-refractivity contribution in [3.63, 3.8) is 0 Å². The molecule has 0 aromatic heterocycles. The molecule has 0 radical (unpaired) electrons. The van der Waals surface area contributed by atoms with Gasteiger partial charge in [-0.05, 0) is 24.6 Å². The van der Waals surface area contributed by atoms with Crippen molar-refractivity contribution in [3.8, 4) is 12.1 Å². The molecule has 2 N–H and O–H groups in total. The molecule has 0 aliphatic carbocycles. The molecule has 0 amide bonds. The van der Waals surface area contributed by atoms with E-state index in [9.17, 15) is 12.8 Å². The molecular weight excluding hydrogens is 295 g/mol. The molecule has 112 valence electrons. The van der Waals surface area contributed by atoms with Gasteiger partial charge in [-0.2, -0.15) is 14.8 Å². The Morgan fingerprint density at radius 3 is 2.24 bits per heavy atom. The van der Waals surface area contributed by atoms with Crippen LogP contribution in [0.1, 0.15) is 18.4 Å². The second kappa shape index (κ2) is 7.02. The highest BCUT2D eigenvalue weighted by Gasteiger charge is 2.27. The van der Waals surface area contributed by atoms with Gasteiger partial charge in [0.15, 0.2) is 0 Å². The van der Waals surface area contributed by atoms with Crippen LogP contribution in [0.15, 0.2) is 17.0 Å². The van der Waals surface area contributed by atoms with E-state index in [-0.39, 0.29) is 31.6 Å². The molecule has 21 heavy (non-hydrogen) atoms. The SMILES string of the molecule is Cc1cc(F)c(S(=O)(=O)N(CCC#N)CCC#N)cc1N. The Morgan fingerprint density at radius 2 is 1.76 bits per heavy atom. The fourth-order valence-electron chi connectivity index (χ4n) is 1.71. The lowest BCUT2D eigenvalue weighted by Gasteiger charge is -2.20. The lowest BCUT2D eigenvalue weighted by molar-refractivity contribution is 0.421. The fraction of sp³-hybridized carbons (Fsp3) is 0.385. The Hall–Kier alpha value is -2.16. The first-order chi connectivity index (χ1) is 9.84. The van der Waals surface area contributed by atoms with Crippen molar-refractivity contribution < 1.29 is 12.8 Å². The van der Waals surface area contributed by atoms with E-state index in [2.05, 4.69) is 0 Å². The van der Waals surface area contributed by atoms with Crippen molar-refractivity contribution in [1.29, 1.82) is 10.5 Å². The highest BCUT2D eigenvalue weighted by molar-refractivity contribution is 7.89. The summed E-state index contributed by atoms with van der Waals surface area (Å²) < 4.78 is 39.7. The molecule has 0 spiro atoms. The number of rotatable bonds is 6. The average Bonchev–Trinajstić information content (AvgIpc) is 2.42. The summed E-state index contributed by atoms with van der Waals surface area (Å²) in [5.74, 6) is -0.902. The lowest BCUT2D eigenvalue weighted by Crippen LogP contribution is -2.33. The zero-order chi connectivity index (χ0) is 16.0. The predicted octanol–water partition coefficient (Wildman–Crippen LogP) is 1.53. The summed E-state index contributed by atoms with van der Waals surface area (Å²) in [7, 11) is -4.14. The zero-order valence-corrected chi connectivity index (χ0v) is 12.3. The number of sulfonamides is 1. The van der Waals surface area contributed by atoms with Crippen LogP contribution in [0.4, 0.5) is 10.1 Å². The first-order valence-electron chi connectivity index (χ1n) is 6.14. The number of nitrogen functional groups attached to an aromatic ring is 1. The molecule has 0 fully saturated rings. The van der Waals surface area contributed by atoms with Crippen LogP contribution in [-0.4, -0.2) is 25.8 Å². The van der Waals surface area contributed by atoms with E-state index in [1.165, 1.54) is 0 Å².